The summed E-state index contributed by atoms with van der Waals surface area (Å²) in [6.07, 6.45) is -2.68. The molecule has 0 aromatic carbocycles. The summed E-state index contributed by atoms with van der Waals surface area (Å²) >= 11 is 0. The summed E-state index contributed by atoms with van der Waals surface area (Å²) in [6, 6.07) is 0. The fraction of sp³-hybridized carbons (Fsp3) is 0.250. The van der Waals surface area contributed by atoms with Crippen LogP contribution < -0.4 is 4.74 Å². The van der Waals surface area contributed by atoms with E-state index in [0.29, 0.717) is 6.20 Å². The molecular weight excluding hydrogens is 242 g/mol. The predicted octanol–water partition coefficient (Wildman–Crippen LogP) is 1.63. The number of alkyl halides is 2. The molecule has 9 heteroatoms. The van der Waals surface area contributed by atoms with Crippen molar-refractivity contribution in [2.75, 3.05) is 7.11 Å². The first-order valence-electron chi connectivity index (χ1n) is 4.12. The van der Waals surface area contributed by atoms with Crippen LogP contribution in [0.5, 0.6) is 5.75 Å². The van der Waals surface area contributed by atoms with E-state index in [0.717, 1.165) is 7.11 Å². The zero-order valence-corrected chi connectivity index (χ0v) is 8.39. The predicted molar refractivity (Wildman–Crippen MR) is 49.4 cm³/mol. The van der Waals surface area contributed by atoms with Crippen molar-refractivity contribution >= 4 is 11.7 Å². The molecule has 7 nitrogen and oxygen atoms in total. The van der Waals surface area contributed by atoms with Gasteiger partial charge in [-0.1, -0.05) is 0 Å². The van der Waals surface area contributed by atoms with E-state index in [4.69, 9.17) is 5.11 Å². The van der Waals surface area contributed by atoms with E-state index in [1.807, 2.05) is 0 Å². The minimum absolute atomic E-state index is 0.564. The Labute approximate surface area is 92.8 Å². The highest BCUT2D eigenvalue weighted by Gasteiger charge is 2.31. The maximum atomic E-state index is 12.7. The number of carboxylic acids is 1. The minimum Gasteiger partial charge on any atom is -0.490 e. The van der Waals surface area contributed by atoms with Crippen molar-refractivity contribution in [1.82, 2.24) is 4.98 Å². The Balaban J connectivity index is 3.61. The van der Waals surface area contributed by atoms with E-state index in [1.165, 1.54) is 0 Å². The SMILES string of the molecule is COc1c([N+](=O)[O-])cnc(C(=O)O)c1C(F)F. The number of aromatic nitrogens is 1. The van der Waals surface area contributed by atoms with E-state index in [1.54, 1.807) is 0 Å². The fourth-order valence-corrected chi connectivity index (χ4v) is 1.22. The number of nitro groups is 1. The van der Waals surface area contributed by atoms with E-state index in [9.17, 15) is 23.7 Å². The summed E-state index contributed by atoms with van der Waals surface area (Å²) in [5, 5.41) is 19.2. The Morgan fingerprint density at radius 1 is 1.65 bits per heavy atom. The highest BCUT2D eigenvalue weighted by Crippen LogP contribution is 2.37. The Morgan fingerprint density at radius 3 is 2.59 bits per heavy atom. The lowest BCUT2D eigenvalue weighted by Gasteiger charge is -2.09. The van der Waals surface area contributed by atoms with Crippen LogP contribution in [0.3, 0.4) is 0 Å². The van der Waals surface area contributed by atoms with Gasteiger partial charge in [-0.2, -0.15) is 0 Å². The smallest absolute Gasteiger partial charge is 0.355 e. The van der Waals surface area contributed by atoms with Crippen LogP contribution in [0.25, 0.3) is 0 Å². The largest absolute Gasteiger partial charge is 0.490 e. The molecule has 0 bridgehead atoms. The monoisotopic (exact) mass is 248 g/mol. The van der Waals surface area contributed by atoms with Gasteiger partial charge in [0.25, 0.3) is 6.43 Å². The number of ether oxygens (including phenoxy) is 1. The third-order valence-corrected chi connectivity index (χ3v) is 1.87. The molecule has 1 aromatic heterocycles. The standard InChI is InChI=1S/C8H6F2N2O5/c1-17-6-3(12(15)16)2-11-5(8(13)14)4(6)7(9)10/h2,7H,1H3,(H,13,14). The number of carboxylic acid groups (broad SMARTS) is 1. The molecule has 1 aromatic rings. The molecule has 0 amide bonds. The van der Waals surface area contributed by atoms with Crippen molar-refractivity contribution < 1.29 is 28.3 Å². The normalized spacial score (nSPS) is 10.4. The maximum absolute atomic E-state index is 12.7. The van der Waals surface area contributed by atoms with Crippen LogP contribution in [0.2, 0.25) is 0 Å². The fourth-order valence-electron chi connectivity index (χ4n) is 1.22. The summed E-state index contributed by atoms with van der Waals surface area (Å²) in [6.45, 7) is 0. The highest BCUT2D eigenvalue weighted by atomic mass is 19.3. The van der Waals surface area contributed by atoms with Crippen LogP contribution in [0.4, 0.5) is 14.5 Å². The molecule has 0 unspecified atom stereocenters. The average molecular weight is 248 g/mol. The third-order valence-electron chi connectivity index (χ3n) is 1.87. The second-order valence-corrected chi connectivity index (χ2v) is 2.80. The number of aromatic carboxylic acids is 1. The van der Waals surface area contributed by atoms with E-state index in [2.05, 4.69) is 9.72 Å². The van der Waals surface area contributed by atoms with Gasteiger partial charge in [0.15, 0.2) is 5.69 Å². The van der Waals surface area contributed by atoms with Crippen molar-refractivity contribution in [2.24, 2.45) is 0 Å². The van der Waals surface area contributed by atoms with Crippen molar-refractivity contribution in [3.8, 4) is 5.75 Å². The van der Waals surface area contributed by atoms with Crippen LogP contribution >= 0.6 is 0 Å². The van der Waals surface area contributed by atoms with Gasteiger partial charge in [0, 0.05) is 0 Å². The second-order valence-electron chi connectivity index (χ2n) is 2.80. The molecule has 0 spiro atoms. The molecule has 0 fully saturated rings. The molecular formula is C8H6F2N2O5. The summed E-state index contributed by atoms with van der Waals surface area (Å²) in [5.74, 6) is -2.51. The molecule has 0 radical (unpaired) electrons. The lowest BCUT2D eigenvalue weighted by atomic mass is 10.1. The van der Waals surface area contributed by atoms with Crippen LogP contribution in [-0.4, -0.2) is 28.1 Å². The van der Waals surface area contributed by atoms with E-state index in [-0.39, 0.29) is 0 Å². The minimum atomic E-state index is -3.25. The van der Waals surface area contributed by atoms with Crippen molar-refractivity contribution in [2.45, 2.75) is 6.43 Å². The Bertz CT molecular complexity index is 477. The summed E-state index contributed by atoms with van der Waals surface area (Å²) < 4.78 is 29.8. The molecule has 92 valence electrons. The molecule has 0 atom stereocenters. The Kier molecular flexibility index (Phi) is 3.51. The number of methoxy groups -OCH3 is 1. The molecule has 1 N–H and O–H groups in total. The number of carbonyl (C=O) groups is 1. The maximum Gasteiger partial charge on any atom is 0.355 e. The van der Waals surface area contributed by atoms with Gasteiger partial charge in [-0.05, 0) is 0 Å². The number of hydrogen-bond acceptors (Lipinski definition) is 5. The number of hydrogen-bond donors (Lipinski definition) is 1. The second kappa shape index (κ2) is 4.68. The summed E-state index contributed by atoms with van der Waals surface area (Å²) in [4.78, 5) is 23.3. The van der Waals surface area contributed by atoms with Gasteiger partial charge < -0.3 is 9.84 Å². The van der Waals surface area contributed by atoms with Crippen molar-refractivity contribution in [3.63, 3.8) is 0 Å². The molecule has 0 aliphatic carbocycles. The van der Waals surface area contributed by atoms with Gasteiger partial charge in [-0.15, -0.1) is 0 Å². The lowest BCUT2D eigenvalue weighted by Crippen LogP contribution is -2.10. The summed E-state index contributed by atoms with van der Waals surface area (Å²) in [5.41, 5.74) is -2.88. The van der Waals surface area contributed by atoms with Gasteiger partial charge in [-0.3, -0.25) is 10.1 Å². The Morgan fingerprint density at radius 2 is 2.24 bits per heavy atom. The zero-order valence-electron chi connectivity index (χ0n) is 8.39. The molecule has 0 aliphatic heterocycles. The molecule has 17 heavy (non-hydrogen) atoms. The van der Waals surface area contributed by atoms with Gasteiger partial charge in [0.2, 0.25) is 5.75 Å². The van der Waals surface area contributed by atoms with Crippen LogP contribution in [-0.2, 0) is 0 Å². The van der Waals surface area contributed by atoms with Crippen molar-refractivity contribution in [3.05, 3.63) is 27.6 Å². The lowest BCUT2D eigenvalue weighted by molar-refractivity contribution is -0.386. The quantitative estimate of drug-likeness (QED) is 0.641. The number of rotatable bonds is 4. The molecule has 1 heterocycles. The van der Waals surface area contributed by atoms with Crippen molar-refractivity contribution in [1.29, 1.82) is 0 Å². The molecule has 1 rings (SSSR count). The molecule has 0 aliphatic rings. The van der Waals surface area contributed by atoms with Gasteiger partial charge in [-0.25, -0.2) is 18.6 Å². The number of halogens is 2. The average Bonchev–Trinajstić information content (AvgIpc) is 2.26. The van der Waals surface area contributed by atoms with E-state index >= 15 is 0 Å². The highest BCUT2D eigenvalue weighted by molar-refractivity contribution is 5.88. The number of pyridine rings is 1. The van der Waals surface area contributed by atoms with Gasteiger partial charge in [0.1, 0.15) is 11.8 Å². The first kappa shape index (κ1) is 12.7. The zero-order chi connectivity index (χ0) is 13.2. The molecule has 0 saturated carbocycles. The summed E-state index contributed by atoms with van der Waals surface area (Å²) in [7, 11) is 0.930. The molecule has 0 saturated heterocycles. The number of nitrogens with zero attached hydrogens (tertiary/aromatic N) is 2. The van der Waals surface area contributed by atoms with Gasteiger partial charge >= 0.3 is 11.7 Å². The van der Waals surface area contributed by atoms with Gasteiger partial charge in [0.05, 0.1) is 12.0 Å². The first-order valence-corrected chi connectivity index (χ1v) is 4.12. The Hall–Kier alpha value is -2.32. The van der Waals surface area contributed by atoms with Crippen LogP contribution in [0.15, 0.2) is 6.20 Å². The topological polar surface area (TPSA) is 103 Å². The first-order chi connectivity index (χ1) is 7.90. The van der Waals surface area contributed by atoms with Crippen LogP contribution in [0, 0.1) is 10.1 Å². The van der Waals surface area contributed by atoms with Crippen LogP contribution in [0.1, 0.15) is 22.5 Å². The third kappa shape index (κ3) is 2.27. The van der Waals surface area contributed by atoms with E-state index < -0.39 is 40.0 Å².